The van der Waals surface area contributed by atoms with Gasteiger partial charge in [0.15, 0.2) is 0 Å². The maximum absolute atomic E-state index is 12.5. The number of carbonyl (C=O) groups is 1. The van der Waals surface area contributed by atoms with Crippen LogP contribution in [0.4, 0.5) is 5.82 Å². The van der Waals surface area contributed by atoms with Crippen LogP contribution in [0.5, 0.6) is 0 Å². The zero-order chi connectivity index (χ0) is 15.4. The Hall–Kier alpha value is -1.85. The van der Waals surface area contributed by atoms with E-state index in [4.69, 9.17) is 5.73 Å². The lowest BCUT2D eigenvalue weighted by Crippen LogP contribution is -2.30. The van der Waals surface area contributed by atoms with E-state index in [1.807, 2.05) is 28.9 Å². The number of aromatic nitrogens is 2. The van der Waals surface area contributed by atoms with E-state index in [9.17, 15) is 4.79 Å². The van der Waals surface area contributed by atoms with E-state index < -0.39 is 0 Å². The van der Waals surface area contributed by atoms with Crippen LogP contribution in [0.15, 0.2) is 42.6 Å². The molecule has 2 aromatic rings. The smallest absolute Gasteiger partial charge is 0.228 e. The molecule has 1 aliphatic rings. The minimum Gasteiger partial charge on any atom is -0.330 e. The van der Waals surface area contributed by atoms with Crippen molar-refractivity contribution in [1.82, 2.24) is 9.78 Å². The molecule has 3 rings (SSSR count). The highest BCUT2D eigenvalue weighted by Crippen LogP contribution is 2.31. The Kier molecular flexibility index (Phi) is 6.19. The Morgan fingerprint density at radius 2 is 2.04 bits per heavy atom. The normalized spacial score (nSPS) is 20.0. The number of benzene rings is 1. The van der Waals surface area contributed by atoms with Gasteiger partial charge in [-0.15, -0.1) is 12.4 Å². The predicted octanol–water partition coefficient (Wildman–Crippen LogP) is 2.67. The van der Waals surface area contributed by atoms with Crippen LogP contribution in [0.2, 0.25) is 0 Å². The number of amides is 1. The number of hydrogen-bond acceptors (Lipinski definition) is 3. The van der Waals surface area contributed by atoms with E-state index in [1.165, 1.54) is 0 Å². The summed E-state index contributed by atoms with van der Waals surface area (Å²) in [4.78, 5) is 12.5. The minimum atomic E-state index is 0. The molecule has 1 heterocycles. The molecular formula is C17H23ClN4O. The molecule has 124 valence electrons. The molecule has 1 saturated carbocycles. The summed E-state index contributed by atoms with van der Waals surface area (Å²) in [5.74, 6) is 1.16. The second-order valence-electron chi connectivity index (χ2n) is 5.88. The molecule has 5 nitrogen and oxygen atoms in total. The van der Waals surface area contributed by atoms with Gasteiger partial charge in [0.05, 0.1) is 12.7 Å². The third kappa shape index (κ3) is 4.12. The van der Waals surface area contributed by atoms with E-state index >= 15 is 0 Å². The van der Waals surface area contributed by atoms with Crippen molar-refractivity contribution in [3.63, 3.8) is 0 Å². The quantitative estimate of drug-likeness (QED) is 0.883. The fourth-order valence-electron chi connectivity index (χ4n) is 3.20. The largest absolute Gasteiger partial charge is 0.330 e. The van der Waals surface area contributed by atoms with Crippen LogP contribution >= 0.6 is 12.4 Å². The van der Waals surface area contributed by atoms with Gasteiger partial charge in [-0.05, 0) is 30.9 Å². The molecule has 0 aliphatic heterocycles. The third-order valence-corrected chi connectivity index (χ3v) is 4.44. The van der Waals surface area contributed by atoms with Crippen molar-refractivity contribution < 1.29 is 4.79 Å². The Morgan fingerprint density at radius 3 is 2.78 bits per heavy atom. The van der Waals surface area contributed by atoms with Crippen LogP contribution in [0.25, 0.3) is 0 Å². The molecule has 0 bridgehead atoms. The molecule has 1 aliphatic carbocycles. The molecule has 6 heteroatoms. The molecule has 1 amide bonds. The SMILES string of the molecule is Cl.NC[C@H]1CCC[C@H]1C(=O)Nc1ccnn1Cc1ccccc1. The second-order valence-corrected chi connectivity index (χ2v) is 5.88. The Morgan fingerprint density at radius 1 is 1.26 bits per heavy atom. The number of hydrogen-bond donors (Lipinski definition) is 2. The van der Waals surface area contributed by atoms with E-state index in [1.54, 1.807) is 6.20 Å². The summed E-state index contributed by atoms with van der Waals surface area (Å²) in [7, 11) is 0. The van der Waals surface area contributed by atoms with Crippen LogP contribution in [0.3, 0.4) is 0 Å². The summed E-state index contributed by atoms with van der Waals surface area (Å²) >= 11 is 0. The molecule has 0 saturated heterocycles. The zero-order valence-corrected chi connectivity index (χ0v) is 13.8. The first-order valence-electron chi connectivity index (χ1n) is 7.84. The van der Waals surface area contributed by atoms with E-state index in [0.717, 1.165) is 30.6 Å². The zero-order valence-electron chi connectivity index (χ0n) is 13.0. The van der Waals surface area contributed by atoms with Gasteiger partial charge in [0, 0.05) is 12.0 Å². The van der Waals surface area contributed by atoms with Crippen molar-refractivity contribution in [1.29, 1.82) is 0 Å². The average molecular weight is 335 g/mol. The van der Waals surface area contributed by atoms with E-state index in [2.05, 4.69) is 22.5 Å². The lowest BCUT2D eigenvalue weighted by molar-refractivity contribution is -0.120. The molecule has 1 aromatic carbocycles. The fraction of sp³-hybridized carbons (Fsp3) is 0.412. The first-order valence-corrected chi connectivity index (χ1v) is 7.84. The molecule has 0 radical (unpaired) electrons. The van der Waals surface area contributed by atoms with Gasteiger partial charge in [-0.2, -0.15) is 5.10 Å². The van der Waals surface area contributed by atoms with Gasteiger partial charge in [0.1, 0.15) is 5.82 Å². The average Bonchev–Trinajstić information content (AvgIpc) is 3.18. The number of halogens is 1. The summed E-state index contributed by atoms with van der Waals surface area (Å²) in [5.41, 5.74) is 6.92. The van der Waals surface area contributed by atoms with E-state index in [-0.39, 0.29) is 24.2 Å². The van der Waals surface area contributed by atoms with Crippen LogP contribution in [0, 0.1) is 11.8 Å². The number of rotatable bonds is 5. The van der Waals surface area contributed by atoms with Crippen molar-refractivity contribution >= 4 is 24.1 Å². The summed E-state index contributed by atoms with van der Waals surface area (Å²) in [5, 5.41) is 7.33. The van der Waals surface area contributed by atoms with Crippen LogP contribution in [0.1, 0.15) is 24.8 Å². The lowest BCUT2D eigenvalue weighted by Gasteiger charge is -2.17. The summed E-state index contributed by atoms with van der Waals surface area (Å²) in [6, 6.07) is 11.9. The Bertz CT molecular complexity index is 629. The van der Waals surface area contributed by atoms with Crippen molar-refractivity contribution in [3.05, 3.63) is 48.2 Å². The number of anilines is 1. The van der Waals surface area contributed by atoms with Crippen molar-refractivity contribution in [2.45, 2.75) is 25.8 Å². The first kappa shape index (κ1) is 17.5. The predicted molar refractivity (Wildman–Crippen MR) is 93.5 cm³/mol. The summed E-state index contributed by atoms with van der Waals surface area (Å²) < 4.78 is 1.82. The molecule has 2 atom stereocenters. The highest BCUT2D eigenvalue weighted by atomic mass is 35.5. The van der Waals surface area contributed by atoms with Crippen LogP contribution < -0.4 is 11.1 Å². The molecule has 1 fully saturated rings. The van der Waals surface area contributed by atoms with Crippen molar-refractivity contribution in [2.24, 2.45) is 17.6 Å². The fourth-order valence-corrected chi connectivity index (χ4v) is 3.20. The van der Waals surface area contributed by atoms with Crippen molar-refractivity contribution in [3.8, 4) is 0 Å². The highest BCUT2D eigenvalue weighted by molar-refractivity contribution is 5.92. The van der Waals surface area contributed by atoms with Crippen LogP contribution in [-0.2, 0) is 11.3 Å². The van der Waals surface area contributed by atoms with Gasteiger partial charge in [-0.3, -0.25) is 4.79 Å². The molecular weight excluding hydrogens is 312 g/mol. The van der Waals surface area contributed by atoms with Gasteiger partial charge < -0.3 is 11.1 Å². The highest BCUT2D eigenvalue weighted by Gasteiger charge is 2.32. The summed E-state index contributed by atoms with van der Waals surface area (Å²) in [6.45, 7) is 1.23. The third-order valence-electron chi connectivity index (χ3n) is 4.44. The molecule has 3 N–H and O–H groups in total. The van der Waals surface area contributed by atoms with Crippen LogP contribution in [-0.4, -0.2) is 22.2 Å². The minimum absolute atomic E-state index is 0. The number of nitrogens with one attached hydrogen (secondary N) is 1. The standard InChI is InChI=1S/C17H22N4O.ClH/c18-11-14-7-4-8-15(14)17(22)20-16-9-10-19-21(16)12-13-5-2-1-3-6-13;/h1-3,5-6,9-10,14-15H,4,7-8,11-12,18H2,(H,20,22);1H/t14-,15-;/m1./s1. The number of carbonyl (C=O) groups excluding carboxylic acids is 1. The topological polar surface area (TPSA) is 72.9 Å². The maximum atomic E-state index is 12.5. The molecule has 23 heavy (non-hydrogen) atoms. The van der Waals surface area contributed by atoms with Gasteiger partial charge in [0.25, 0.3) is 0 Å². The van der Waals surface area contributed by atoms with Gasteiger partial charge in [-0.1, -0.05) is 36.8 Å². The second kappa shape index (κ2) is 8.13. The van der Waals surface area contributed by atoms with Crippen molar-refractivity contribution in [2.75, 3.05) is 11.9 Å². The maximum Gasteiger partial charge on any atom is 0.228 e. The molecule has 0 spiro atoms. The summed E-state index contributed by atoms with van der Waals surface area (Å²) in [6.07, 6.45) is 4.79. The molecule has 1 aromatic heterocycles. The van der Waals surface area contributed by atoms with Gasteiger partial charge >= 0.3 is 0 Å². The monoisotopic (exact) mass is 334 g/mol. The van der Waals surface area contributed by atoms with E-state index in [0.29, 0.717) is 19.0 Å². The Balaban J connectivity index is 0.00000192. The Labute approximate surface area is 142 Å². The lowest BCUT2D eigenvalue weighted by atomic mass is 9.95. The first-order chi connectivity index (χ1) is 10.8. The molecule has 0 unspecified atom stereocenters. The van der Waals surface area contributed by atoms with Gasteiger partial charge in [0.2, 0.25) is 5.91 Å². The number of nitrogens with two attached hydrogens (primary N) is 1. The van der Waals surface area contributed by atoms with Gasteiger partial charge in [-0.25, -0.2) is 4.68 Å². The number of nitrogens with zero attached hydrogens (tertiary/aromatic N) is 2.